The molecule has 5 heteroatoms. The first-order valence-corrected chi connectivity index (χ1v) is 5.59. The van der Waals surface area contributed by atoms with Crippen molar-refractivity contribution in [3.63, 3.8) is 0 Å². The highest BCUT2D eigenvalue weighted by atomic mass is 32.2. The second-order valence-electron chi connectivity index (χ2n) is 4.12. The average Bonchev–Trinajstić information content (AvgIpc) is 2.29. The Morgan fingerprint density at radius 3 is 2.46 bits per heavy atom. The van der Waals surface area contributed by atoms with E-state index in [4.69, 9.17) is 4.42 Å². The van der Waals surface area contributed by atoms with E-state index in [1.54, 1.807) is 0 Å². The third kappa shape index (κ3) is 2.84. The Hall–Kier alpha value is -0.840. The topological polar surface area (TPSA) is 60.2 Å². The zero-order valence-electron chi connectivity index (χ0n) is 7.94. The molecule has 0 unspecified atom stereocenters. The van der Waals surface area contributed by atoms with Crippen LogP contribution in [0, 0.1) is 5.41 Å². The molecule has 13 heavy (non-hydrogen) atoms. The Bertz CT molecular complexity index is 359. The zero-order chi connectivity index (χ0) is 10.1. The van der Waals surface area contributed by atoms with Crippen LogP contribution < -0.4 is 0 Å². The molecular formula is C8H13NO3S. The van der Waals surface area contributed by atoms with E-state index in [9.17, 15) is 8.42 Å². The van der Waals surface area contributed by atoms with E-state index in [1.165, 1.54) is 12.5 Å². The number of nitrogens with zero attached hydrogens (tertiary/aromatic N) is 1. The van der Waals surface area contributed by atoms with E-state index < -0.39 is 9.84 Å². The molecule has 0 aliphatic carbocycles. The minimum atomic E-state index is -3.35. The number of hydrogen-bond donors (Lipinski definition) is 0. The molecule has 1 aromatic rings. The van der Waals surface area contributed by atoms with Crippen molar-refractivity contribution in [2.45, 2.75) is 26.0 Å². The Balaban J connectivity index is 2.93. The van der Waals surface area contributed by atoms with Crippen LogP contribution in [-0.2, 0) is 9.84 Å². The molecular weight excluding hydrogens is 190 g/mol. The second-order valence-corrected chi connectivity index (χ2v) is 5.99. The van der Waals surface area contributed by atoms with E-state index in [1.807, 2.05) is 20.8 Å². The summed E-state index contributed by atoms with van der Waals surface area (Å²) in [5, 5.41) is -0.192. The molecule has 0 bridgehead atoms. The van der Waals surface area contributed by atoms with Crippen LogP contribution >= 0.6 is 0 Å². The van der Waals surface area contributed by atoms with Crippen molar-refractivity contribution in [1.82, 2.24) is 4.98 Å². The summed E-state index contributed by atoms with van der Waals surface area (Å²) in [6.07, 6.45) is 2.59. The zero-order valence-corrected chi connectivity index (χ0v) is 8.76. The standard InChI is InChI=1S/C8H13NO3S/c1-8(2,3)6-13(10,11)7-9-4-5-12-7/h4-5H,6H2,1-3H3. The van der Waals surface area contributed by atoms with Crippen molar-refractivity contribution >= 4 is 9.84 Å². The molecule has 74 valence electrons. The second kappa shape index (κ2) is 3.14. The van der Waals surface area contributed by atoms with Crippen molar-refractivity contribution in [2.24, 2.45) is 5.41 Å². The first kappa shape index (κ1) is 10.2. The van der Waals surface area contributed by atoms with E-state index in [0.717, 1.165) is 0 Å². The molecule has 0 atom stereocenters. The smallest absolute Gasteiger partial charge is 0.314 e. The number of oxazole rings is 1. The summed E-state index contributed by atoms with van der Waals surface area (Å²) in [7, 11) is -3.35. The normalized spacial score (nSPS) is 13.2. The van der Waals surface area contributed by atoms with Gasteiger partial charge in [0.2, 0.25) is 9.84 Å². The van der Waals surface area contributed by atoms with Gasteiger partial charge in [0.25, 0.3) is 0 Å². The summed E-state index contributed by atoms with van der Waals surface area (Å²) in [6.45, 7) is 5.56. The lowest BCUT2D eigenvalue weighted by atomic mass is 10.0. The fraction of sp³-hybridized carbons (Fsp3) is 0.625. The molecule has 0 fully saturated rings. The van der Waals surface area contributed by atoms with Gasteiger partial charge in [-0.15, -0.1) is 0 Å². The molecule has 0 aliphatic heterocycles. The van der Waals surface area contributed by atoms with Crippen LogP contribution in [0.3, 0.4) is 0 Å². The molecule has 0 aromatic carbocycles. The van der Waals surface area contributed by atoms with Gasteiger partial charge in [-0.2, -0.15) is 0 Å². The van der Waals surface area contributed by atoms with Crippen molar-refractivity contribution < 1.29 is 12.8 Å². The van der Waals surface area contributed by atoms with Gasteiger partial charge >= 0.3 is 5.22 Å². The maximum atomic E-state index is 11.6. The Morgan fingerprint density at radius 2 is 2.08 bits per heavy atom. The minimum absolute atomic E-state index is 0.0422. The molecule has 0 spiro atoms. The molecule has 1 rings (SSSR count). The summed E-state index contributed by atoms with van der Waals surface area (Å²) in [6, 6.07) is 0. The first-order chi connectivity index (χ1) is 5.81. The van der Waals surface area contributed by atoms with Crippen molar-refractivity contribution in [3.8, 4) is 0 Å². The van der Waals surface area contributed by atoms with Crippen molar-refractivity contribution in [3.05, 3.63) is 12.5 Å². The van der Waals surface area contributed by atoms with Crippen LogP contribution in [0.1, 0.15) is 20.8 Å². The third-order valence-electron chi connectivity index (χ3n) is 1.30. The fourth-order valence-electron chi connectivity index (χ4n) is 0.996. The molecule has 0 amide bonds. The molecule has 0 radical (unpaired) electrons. The molecule has 4 nitrogen and oxygen atoms in total. The lowest BCUT2D eigenvalue weighted by Gasteiger charge is -2.15. The van der Waals surface area contributed by atoms with Gasteiger partial charge in [-0.1, -0.05) is 20.8 Å². The largest absolute Gasteiger partial charge is 0.437 e. The molecule has 1 aromatic heterocycles. The van der Waals surface area contributed by atoms with Crippen LogP contribution in [0.4, 0.5) is 0 Å². The molecule has 0 saturated carbocycles. The molecule has 0 aliphatic rings. The van der Waals surface area contributed by atoms with Gasteiger partial charge in [0, 0.05) is 0 Å². The quantitative estimate of drug-likeness (QED) is 0.730. The summed E-state index contributed by atoms with van der Waals surface area (Å²) < 4.78 is 27.9. The van der Waals surface area contributed by atoms with Crippen LogP contribution in [0.2, 0.25) is 0 Å². The number of aromatic nitrogens is 1. The van der Waals surface area contributed by atoms with Gasteiger partial charge in [0.1, 0.15) is 6.26 Å². The summed E-state index contributed by atoms with van der Waals surface area (Å²) in [5.41, 5.74) is -0.284. The molecule has 1 heterocycles. The maximum Gasteiger partial charge on any atom is 0.314 e. The Kier molecular flexibility index (Phi) is 2.47. The Labute approximate surface area is 77.9 Å². The van der Waals surface area contributed by atoms with E-state index >= 15 is 0 Å². The highest BCUT2D eigenvalue weighted by Crippen LogP contribution is 2.20. The molecule has 0 N–H and O–H groups in total. The van der Waals surface area contributed by atoms with E-state index in [2.05, 4.69) is 4.98 Å². The van der Waals surface area contributed by atoms with Crippen molar-refractivity contribution in [2.75, 3.05) is 5.75 Å². The Morgan fingerprint density at radius 1 is 1.46 bits per heavy atom. The van der Waals surface area contributed by atoms with Gasteiger partial charge in [0.15, 0.2) is 0 Å². The first-order valence-electron chi connectivity index (χ1n) is 3.93. The van der Waals surface area contributed by atoms with Gasteiger partial charge in [0.05, 0.1) is 11.9 Å². The fourth-order valence-corrected chi connectivity index (χ4v) is 2.68. The number of hydrogen-bond acceptors (Lipinski definition) is 4. The van der Waals surface area contributed by atoms with Gasteiger partial charge < -0.3 is 4.42 Å². The van der Waals surface area contributed by atoms with Gasteiger partial charge in [-0.3, -0.25) is 0 Å². The minimum Gasteiger partial charge on any atom is -0.437 e. The summed E-state index contributed by atoms with van der Waals surface area (Å²) in [5.74, 6) is 0.0422. The maximum absolute atomic E-state index is 11.6. The monoisotopic (exact) mass is 203 g/mol. The third-order valence-corrected chi connectivity index (χ3v) is 3.28. The van der Waals surface area contributed by atoms with Crippen molar-refractivity contribution in [1.29, 1.82) is 0 Å². The summed E-state index contributed by atoms with van der Waals surface area (Å²) in [4.78, 5) is 3.62. The highest BCUT2D eigenvalue weighted by Gasteiger charge is 2.26. The SMILES string of the molecule is CC(C)(C)CS(=O)(=O)c1ncco1. The predicted molar refractivity (Wildman–Crippen MR) is 48.0 cm³/mol. The highest BCUT2D eigenvalue weighted by molar-refractivity contribution is 7.91. The van der Waals surface area contributed by atoms with E-state index in [-0.39, 0.29) is 16.4 Å². The van der Waals surface area contributed by atoms with Gasteiger partial charge in [-0.05, 0) is 5.41 Å². The molecule has 0 saturated heterocycles. The van der Waals surface area contributed by atoms with Crippen LogP contribution in [0.15, 0.2) is 22.1 Å². The van der Waals surface area contributed by atoms with Crippen LogP contribution in [0.25, 0.3) is 0 Å². The lowest BCUT2D eigenvalue weighted by molar-refractivity contribution is 0.412. The predicted octanol–water partition coefficient (Wildman–Crippen LogP) is 1.49. The average molecular weight is 203 g/mol. The number of sulfone groups is 1. The van der Waals surface area contributed by atoms with Crippen LogP contribution in [-0.4, -0.2) is 19.2 Å². The summed E-state index contributed by atoms with van der Waals surface area (Å²) >= 11 is 0. The van der Waals surface area contributed by atoms with Gasteiger partial charge in [-0.25, -0.2) is 13.4 Å². The van der Waals surface area contributed by atoms with E-state index in [0.29, 0.717) is 0 Å². The number of rotatable bonds is 2. The lowest BCUT2D eigenvalue weighted by Crippen LogP contribution is -2.20. The van der Waals surface area contributed by atoms with Crippen LogP contribution in [0.5, 0.6) is 0 Å².